The number of pyridine rings is 1. The Bertz CT molecular complexity index is 335. The quantitative estimate of drug-likeness (QED) is 0.840. The van der Waals surface area contributed by atoms with E-state index in [0.717, 1.165) is 13.1 Å². The molecule has 1 saturated carbocycles. The monoisotopic (exact) mass is 218 g/mol. The summed E-state index contributed by atoms with van der Waals surface area (Å²) in [5, 5.41) is 3.50. The van der Waals surface area contributed by atoms with E-state index in [2.05, 4.69) is 37.1 Å². The first-order chi connectivity index (χ1) is 7.58. The first kappa shape index (κ1) is 11.6. The molecule has 1 fully saturated rings. The van der Waals surface area contributed by atoms with Gasteiger partial charge in [-0.2, -0.15) is 0 Å². The zero-order valence-electron chi connectivity index (χ0n) is 10.6. The van der Waals surface area contributed by atoms with Gasteiger partial charge in [0.2, 0.25) is 0 Å². The number of hydrogen-bond donors (Lipinski definition) is 1. The molecule has 1 heterocycles. The predicted octanol–water partition coefficient (Wildman–Crippen LogP) is 2.75. The minimum atomic E-state index is 0.327. The summed E-state index contributed by atoms with van der Waals surface area (Å²) in [7, 11) is 0. The van der Waals surface area contributed by atoms with Crippen LogP contribution in [-0.2, 0) is 5.41 Å². The van der Waals surface area contributed by atoms with Crippen LogP contribution < -0.4 is 5.32 Å². The molecule has 2 rings (SSSR count). The van der Waals surface area contributed by atoms with Gasteiger partial charge in [0, 0.05) is 24.4 Å². The van der Waals surface area contributed by atoms with Crippen LogP contribution in [0.4, 0.5) is 0 Å². The van der Waals surface area contributed by atoms with Crippen molar-refractivity contribution in [3.05, 3.63) is 30.1 Å². The summed E-state index contributed by atoms with van der Waals surface area (Å²) in [6.45, 7) is 9.00. The van der Waals surface area contributed by atoms with Crippen molar-refractivity contribution in [2.45, 2.75) is 39.0 Å². The molecule has 0 radical (unpaired) electrons. The highest BCUT2D eigenvalue weighted by Crippen LogP contribution is 2.54. The Balaban J connectivity index is 2.17. The number of hydrogen-bond acceptors (Lipinski definition) is 2. The molecule has 0 amide bonds. The molecular weight excluding hydrogens is 196 g/mol. The van der Waals surface area contributed by atoms with Crippen LogP contribution in [0.5, 0.6) is 0 Å². The van der Waals surface area contributed by atoms with Gasteiger partial charge < -0.3 is 5.32 Å². The first-order valence-electron chi connectivity index (χ1n) is 6.19. The molecule has 2 heteroatoms. The predicted molar refractivity (Wildman–Crippen MR) is 67.5 cm³/mol. The molecule has 0 atom stereocenters. The summed E-state index contributed by atoms with van der Waals surface area (Å²) in [4.78, 5) is 4.26. The van der Waals surface area contributed by atoms with Crippen LogP contribution in [0.2, 0.25) is 0 Å². The molecule has 1 N–H and O–H groups in total. The van der Waals surface area contributed by atoms with Gasteiger partial charge in [-0.15, -0.1) is 0 Å². The highest BCUT2D eigenvalue weighted by Gasteiger charge is 2.49. The molecule has 1 aromatic heterocycles. The van der Waals surface area contributed by atoms with E-state index < -0.39 is 0 Å². The number of likely N-dealkylation sites (N-methyl/N-ethyl adjacent to an activating group) is 1. The van der Waals surface area contributed by atoms with Crippen molar-refractivity contribution in [1.29, 1.82) is 0 Å². The smallest absolute Gasteiger partial charge is 0.0306 e. The topological polar surface area (TPSA) is 24.9 Å². The molecule has 0 unspecified atom stereocenters. The van der Waals surface area contributed by atoms with Gasteiger partial charge in [-0.05, 0) is 36.4 Å². The fourth-order valence-corrected chi connectivity index (χ4v) is 3.25. The standard InChI is InChI=1S/C14H22N2/c1-4-15-11-14(9-13(2,3)10-14)12-6-5-7-16-8-12/h5-8,15H,4,9-11H2,1-3H3. The molecule has 16 heavy (non-hydrogen) atoms. The van der Waals surface area contributed by atoms with Crippen LogP contribution in [0.1, 0.15) is 39.2 Å². The average molecular weight is 218 g/mol. The third-order valence-electron chi connectivity index (χ3n) is 3.62. The highest BCUT2D eigenvalue weighted by molar-refractivity contribution is 5.28. The van der Waals surface area contributed by atoms with Gasteiger partial charge >= 0.3 is 0 Å². The van der Waals surface area contributed by atoms with Crippen LogP contribution in [0.3, 0.4) is 0 Å². The van der Waals surface area contributed by atoms with Crippen LogP contribution in [0, 0.1) is 5.41 Å². The Morgan fingerprint density at radius 1 is 1.38 bits per heavy atom. The second-order valence-corrected chi connectivity index (χ2v) is 5.82. The summed E-state index contributed by atoms with van der Waals surface area (Å²) >= 11 is 0. The Morgan fingerprint density at radius 2 is 2.12 bits per heavy atom. The van der Waals surface area contributed by atoms with Gasteiger partial charge in [-0.1, -0.05) is 26.8 Å². The van der Waals surface area contributed by atoms with E-state index in [1.807, 2.05) is 18.5 Å². The maximum Gasteiger partial charge on any atom is 0.0306 e. The Hall–Kier alpha value is -0.890. The number of aromatic nitrogens is 1. The van der Waals surface area contributed by atoms with Crippen molar-refractivity contribution in [2.24, 2.45) is 5.41 Å². The summed E-state index contributed by atoms with van der Waals surface area (Å²) in [6.07, 6.45) is 6.41. The average Bonchev–Trinajstić information content (AvgIpc) is 2.24. The molecule has 0 aliphatic heterocycles. The molecule has 0 bridgehead atoms. The van der Waals surface area contributed by atoms with E-state index in [4.69, 9.17) is 0 Å². The molecule has 0 aromatic carbocycles. The van der Waals surface area contributed by atoms with E-state index in [-0.39, 0.29) is 0 Å². The first-order valence-corrected chi connectivity index (χ1v) is 6.19. The van der Waals surface area contributed by atoms with Crippen LogP contribution in [0.25, 0.3) is 0 Å². The minimum Gasteiger partial charge on any atom is -0.316 e. The largest absolute Gasteiger partial charge is 0.316 e. The summed E-state index contributed by atoms with van der Waals surface area (Å²) in [5.41, 5.74) is 2.22. The molecule has 2 nitrogen and oxygen atoms in total. The zero-order chi connectivity index (χ0) is 11.6. The lowest BCUT2D eigenvalue weighted by Gasteiger charge is -2.54. The lowest BCUT2D eigenvalue weighted by Crippen LogP contribution is -2.52. The van der Waals surface area contributed by atoms with Crippen LogP contribution in [-0.4, -0.2) is 18.1 Å². The molecule has 1 aliphatic carbocycles. The summed E-state index contributed by atoms with van der Waals surface area (Å²) in [6, 6.07) is 4.27. The molecule has 0 saturated heterocycles. The fourth-order valence-electron chi connectivity index (χ4n) is 3.25. The van der Waals surface area contributed by atoms with Gasteiger partial charge in [0.25, 0.3) is 0 Å². The number of nitrogens with zero attached hydrogens (tertiary/aromatic N) is 1. The van der Waals surface area contributed by atoms with Crippen molar-refractivity contribution in [3.63, 3.8) is 0 Å². The lowest BCUT2D eigenvalue weighted by molar-refractivity contribution is 0.0565. The Labute approximate surface area is 98.5 Å². The second kappa shape index (κ2) is 4.17. The highest BCUT2D eigenvalue weighted by atomic mass is 14.9. The number of rotatable bonds is 4. The number of nitrogens with one attached hydrogen (secondary N) is 1. The van der Waals surface area contributed by atoms with Crippen molar-refractivity contribution >= 4 is 0 Å². The maximum atomic E-state index is 4.26. The maximum absolute atomic E-state index is 4.26. The Morgan fingerprint density at radius 3 is 2.62 bits per heavy atom. The van der Waals surface area contributed by atoms with Crippen molar-refractivity contribution < 1.29 is 0 Å². The molecule has 1 aromatic rings. The Kier molecular flexibility index (Phi) is 3.02. The van der Waals surface area contributed by atoms with Gasteiger partial charge in [0.1, 0.15) is 0 Å². The van der Waals surface area contributed by atoms with Gasteiger partial charge in [0.05, 0.1) is 0 Å². The van der Waals surface area contributed by atoms with E-state index in [1.165, 1.54) is 18.4 Å². The van der Waals surface area contributed by atoms with Gasteiger partial charge in [0.15, 0.2) is 0 Å². The van der Waals surface area contributed by atoms with Gasteiger partial charge in [-0.25, -0.2) is 0 Å². The second-order valence-electron chi connectivity index (χ2n) is 5.82. The summed E-state index contributed by atoms with van der Waals surface area (Å²) < 4.78 is 0. The van der Waals surface area contributed by atoms with Crippen molar-refractivity contribution in [1.82, 2.24) is 10.3 Å². The molecule has 88 valence electrons. The molecular formula is C14H22N2. The fraction of sp³-hybridized carbons (Fsp3) is 0.643. The van der Waals surface area contributed by atoms with Crippen molar-refractivity contribution in [2.75, 3.05) is 13.1 Å². The third-order valence-corrected chi connectivity index (χ3v) is 3.62. The van der Waals surface area contributed by atoms with E-state index in [0.29, 0.717) is 10.8 Å². The zero-order valence-corrected chi connectivity index (χ0v) is 10.6. The van der Waals surface area contributed by atoms with Crippen LogP contribution in [0.15, 0.2) is 24.5 Å². The third kappa shape index (κ3) is 2.12. The van der Waals surface area contributed by atoms with E-state index in [9.17, 15) is 0 Å². The molecule has 0 spiro atoms. The SMILES string of the molecule is CCNCC1(c2cccnc2)CC(C)(C)C1. The normalized spacial score (nSPS) is 21.4. The molecule has 1 aliphatic rings. The lowest BCUT2D eigenvalue weighted by atomic mass is 9.52. The van der Waals surface area contributed by atoms with E-state index in [1.54, 1.807) is 0 Å². The van der Waals surface area contributed by atoms with E-state index >= 15 is 0 Å². The van der Waals surface area contributed by atoms with Gasteiger partial charge in [-0.3, -0.25) is 4.98 Å². The minimum absolute atomic E-state index is 0.327. The van der Waals surface area contributed by atoms with Crippen molar-refractivity contribution in [3.8, 4) is 0 Å². The van der Waals surface area contributed by atoms with Crippen LogP contribution >= 0.6 is 0 Å². The summed E-state index contributed by atoms with van der Waals surface area (Å²) in [5.74, 6) is 0.